The molecule has 4 nitrogen and oxygen atoms in total. The van der Waals surface area contributed by atoms with E-state index in [0.717, 1.165) is 21.4 Å². The lowest BCUT2D eigenvalue weighted by molar-refractivity contribution is -0.141. The van der Waals surface area contributed by atoms with Crippen molar-refractivity contribution < 1.29 is 13.9 Å². The average molecular weight is 354 g/mol. The minimum atomic E-state index is -0.444. The van der Waals surface area contributed by atoms with Gasteiger partial charge < -0.3 is 9.15 Å². The number of carbonyl (C=O) groups excluding carboxylic acids is 1. The van der Waals surface area contributed by atoms with Crippen LogP contribution in [0.15, 0.2) is 62.6 Å². The van der Waals surface area contributed by atoms with E-state index >= 15 is 0 Å². The van der Waals surface area contributed by atoms with Crippen molar-refractivity contribution in [3.8, 4) is 0 Å². The minimum absolute atomic E-state index is 0.0543. The molecule has 1 aromatic heterocycles. The van der Waals surface area contributed by atoms with Crippen LogP contribution in [0.25, 0.3) is 11.0 Å². The van der Waals surface area contributed by atoms with Crippen molar-refractivity contribution in [2.24, 2.45) is 0 Å². The first-order valence-electron chi connectivity index (χ1n) is 7.90. The molecule has 0 fully saturated rings. The molecule has 3 aromatic rings. The van der Waals surface area contributed by atoms with E-state index in [1.807, 2.05) is 56.3 Å². The van der Waals surface area contributed by atoms with Crippen molar-refractivity contribution in [1.29, 1.82) is 0 Å². The van der Waals surface area contributed by atoms with Crippen LogP contribution in [0.5, 0.6) is 0 Å². The van der Waals surface area contributed by atoms with Crippen LogP contribution in [0.4, 0.5) is 0 Å². The zero-order chi connectivity index (χ0) is 17.8. The Bertz CT molecular complexity index is 961. The Morgan fingerprint density at radius 2 is 1.80 bits per heavy atom. The summed E-state index contributed by atoms with van der Waals surface area (Å²) in [6.07, 6.45) is 0. The number of benzene rings is 2. The molecular weight excluding hydrogens is 336 g/mol. The highest BCUT2D eigenvalue weighted by atomic mass is 32.2. The maximum absolute atomic E-state index is 12.0. The average Bonchev–Trinajstić information content (AvgIpc) is 2.60. The predicted octanol–water partition coefficient (Wildman–Crippen LogP) is 4.25. The molecule has 3 rings (SSSR count). The zero-order valence-electron chi connectivity index (χ0n) is 14.1. The van der Waals surface area contributed by atoms with Crippen molar-refractivity contribution >= 4 is 28.7 Å². The molecule has 0 unspecified atom stereocenters. The molecular formula is C20H18O4S. The van der Waals surface area contributed by atoms with Crippen molar-refractivity contribution in [1.82, 2.24) is 0 Å². The number of aryl methyl sites for hydroxylation is 2. The second-order valence-corrected chi connectivity index (χ2v) is 6.83. The van der Waals surface area contributed by atoms with Gasteiger partial charge in [0, 0.05) is 21.9 Å². The lowest BCUT2D eigenvalue weighted by Gasteiger charge is -2.09. The Morgan fingerprint density at radius 3 is 2.56 bits per heavy atom. The Kier molecular flexibility index (Phi) is 5.24. The second kappa shape index (κ2) is 7.57. The molecule has 0 atom stereocenters. The fourth-order valence-electron chi connectivity index (χ4n) is 2.46. The Balaban J connectivity index is 1.71. The topological polar surface area (TPSA) is 56.5 Å². The SMILES string of the molecule is Cc1cc2oc(=O)cc(COC(=O)CSc3ccccc3)c2cc1C. The first kappa shape index (κ1) is 17.3. The summed E-state index contributed by atoms with van der Waals surface area (Å²) in [7, 11) is 0. The maximum atomic E-state index is 12.0. The zero-order valence-corrected chi connectivity index (χ0v) is 14.9. The summed E-state index contributed by atoms with van der Waals surface area (Å²) in [5, 5.41) is 0.797. The summed E-state index contributed by atoms with van der Waals surface area (Å²) in [6.45, 7) is 4.01. The fraction of sp³-hybridized carbons (Fsp3) is 0.200. The number of carbonyl (C=O) groups is 1. The van der Waals surface area contributed by atoms with Gasteiger partial charge in [0.1, 0.15) is 12.2 Å². The predicted molar refractivity (Wildman–Crippen MR) is 98.9 cm³/mol. The molecule has 0 aliphatic carbocycles. The third-order valence-electron chi connectivity index (χ3n) is 3.93. The van der Waals surface area contributed by atoms with Gasteiger partial charge in [-0.1, -0.05) is 18.2 Å². The molecule has 0 saturated heterocycles. The molecule has 0 N–H and O–H groups in total. The van der Waals surface area contributed by atoms with Crippen LogP contribution in [0.2, 0.25) is 0 Å². The lowest BCUT2D eigenvalue weighted by Crippen LogP contribution is -2.09. The van der Waals surface area contributed by atoms with Crippen LogP contribution >= 0.6 is 11.8 Å². The number of rotatable bonds is 5. The van der Waals surface area contributed by atoms with Crippen molar-refractivity contribution in [2.45, 2.75) is 25.3 Å². The van der Waals surface area contributed by atoms with E-state index in [9.17, 15) is 9.59 Å². The highest BCUT2D eigenvalue weighted by Crippen LogP contribution is 2.22. The summed E-state index contributed by atoms with van der Waals surface area (Å²) in [5.74, 6) is -0.0966. The largest absolute Gasteiger partial charge is 0.460 e. The number of thioether (sulfide) groups is 1. The quantitative estimate of drug-likeness (QED) is 0.390. The van der Waals surface area contributed by atoms with Gasteiger partial charge >= 0.3 is 11.6 Å². The normalized spacial score (nSPS) is 10.8. The third-order valence-corrected chi connectivity index (χ3v) is 4.92. The van der Waals surface area contributed by atoms with Crippen LogP contribution < -0.4 is 5.63 Å². The van der Waals surface area contributed by atoms with Gasteiger partial charge in [-0.05, 0) is 49.2 Å². The molecule has 0 aliphatic rings. The van der Waals surface area contributed by atoms with Crippen molar-refractivity contribution in [3.05, 3.63) is 75.6 Å². The molecule has 0 saturated carbocycles. The van der Waals surface area contributed by atoms with E-state index in [1.165, 1.54) is 17.8 Å². The van der Waals surface area contributed by atoms with Crippen LogP contribution in [-0.4, -0.2) is 11.7 Å². The first-order valence-corrected chi connectivity index (χ1v) is 8.89. The molecule has 0 aliphatic heterocycles. The Labute approximate surface area is 149 Å². The summed E-state index contributed by atoms with van der Waals surface area (Å²) >= 11 is 1.42. The van der Waals surface area contributed by atoms with E-state index in [4.69, 9.17) is 9.15 Å². The molecule has 2 aromatic carbocycles. The van der Waals surface area contributed by atoms with Crippen LogP contribution in [0.3, 0.4) is 0 Å². The molecule has 128 valence electrons. The summed E-state index contributed by atoms with van der Waals surface area (Å²) in [6, 6.07) is 14.8. The monoisotopic (exact) mass is 354 g/mol. The standard InChI is InChI=1S/C20H18O4S/c1-13-8-17-15(10-19(21)24-18(17)9-14(13)2)11-23-20(22)12-25-16-6-4-3-5-7-16/h3-10H,11-12H2,1-2H3. The first-order chi connectivity index (χ1) is 12.0. The van der Waals surface area contributed by atoms with E-state index < -0.39 is 5.63 Å². The number of hydrogen-bond donors (Lipinski definition) is 0. The number of hydrogen-bond acceptors (Lipinski definition) is 5. The highest BCUT2D eigenvalue weighted by molar-refractivity contribution is 8.00. The second-order valence-electron chi connectivity index (χ2n) is 5.79. The van der Waals surface area contributed by atoms with Crippen LogP contribution in [0.1, 0.15) is 16.7 Å². The van der Waals surface area contributed by atoms with Gasteiger partial charge in [-0.3, -0.25) is 4.79 Å². The molecule has 0 bridgehead atoms. The van der Waals surface area contributed by atoms with Crippen molar-refractivity contribution in [3.63, 3.8) is 0 Å². The van der Waals surface area contributed by atoms with E-state index in [2.05, 4.69) is 0 Å². The molecule has 0 radical (unpaired) electrons. The Morgan fingerprint density at radius 1 is 1.08 bits per heavy atom. The lowest BCUT2D eigenvalue weighted by atomic mass is 10.0. The van der Waals surface area contributed by atoms with E-state index in [1.54, 1.807) is 0 Å². The maximum Gasteiger partial charge on any atom is 0.336 e. The number of fused-ring (bicyclic) bond motifs is 1. The van der Waals surface area contributed by atoms with E-state index in [-0.39, 0.29) is 18.3 Å². The minimum Gasteiger partial charge on any atom is -0.460 e. The van der Waals surface area contributed by atoms with Gasteiger partial charge in [-0.25, -0.2) is 4.79 Å². The summed E-state index contributed by atoms with van der Waals surface area (Å²) in [4.78, 5) is 24.7. The van der Waals surface area contributed by atoms with Crippen molar-refractivity contribution in [2.75, 3.05) is 5.75 Å². The Hall–Kier alpha value is -2.53. The van der Waals surface area contributed by atoms with Gasteiger partial charge in [0.25, 0.3) is 0 Å². The summed E-state index contributed by atoms with van der Waals surface area (Å²) in [5.41, 5.74) is 2.87. The highest BCUT2D eigenvalue weighted by Gasteiger charge is 2.11. The van der Waals surface area contributed by atoms with Crippen LogP contribution in [-0.2, 0) is 16.1 Å². The molecule has 0 amide bonds. The molecule has 0 spiro atoms. The van der Waals surface area contributed by atoms with Gasteiger partial charge in [0.2, 0.25) is 0 Å². The summed E-state index contributed by atoms with van der Waals surface area (Å²) < 4.78 is 10.6. The fourth-order valence-corrected chi connectivity index (χ4v) is 3.18. The molecule has 25 heavy (non-hydrogen) atoms. The third kappa shape index (κ3) is 4.31. The number of ether oxygens (including phenoxy) is 1. The van der Waals surface area contributed by atoms with Crippen LogP contribution in [0, 0.1) is 13.8 Å². The molecule has 5 heteroatoms. The molecule has 1 heterocycles. The smallest absolute Gasteiger partial charge is 0.336 e. The van der Waals surface area contributed by atoms with Gasteiger partial charge in [-0.2, -0.15) is 0 Å². The van der Waals surface area contributed by atoms with Gasteiger partial charge in [-0.15, -0.1) is 11.8 Å². The van der Waals surface area contributed by atoms with Gasteiger partial charge in [0.05, 0.1) is 5.75 Å². The number of esters is 1. The van der Waals surface area contributed by atoms with Gasteiger partial charge in [0.15, 0.2) is 0 Å². The van der Waals surface area contributed by atoms with E-state index in [0.29, 0.717) is 11.1 Å².